The van der Waals surface area contributed by atoms with E-state index in [1.54, 1.807) is 6.08 Å². The molecule has 0 bridgehead atoms. The zero-order valence-corrected chi connectivity index (χ0v) is 27.0. The molecule has 0 spiro atoms. The summed E-state index contributed by atoms with van der Waals surface area (Å²) in [5, 5.41) is 17.2. The summed E-state index contributed by atoms with van der Waals surface area (Å²) in [5.41, 5.74) is -0.284. The van der Waals surface area contributed by atoms with E-state index in [0.29, 0.717) is 16.1 Å². The normalized spacial score (nSPS) is 15.8. The molecule has 0 saturated carbocycles. The van der Waals surface area contributed by atoms with Crippen molar-refractivity contribution < 1.29 is 28.1 Å². The highest BCUT2D eigenvalue weighted by atomic mass is 32.1. The smallest absolute Gasteiger partial charge is 0.268 e. The summed E-state index contributed by atoms with van der Waals surface area (Å²) in [6, 6.07) is -0.754. The SMILES string of the molecule is CCCCCCCCCCCCC/C=C/C(O)C(COP(=O)([O-])OCC[N+](C)(C)C)NC(=S)NC(C)(C)C. The number of allylic oxidation sites excluding steroid dienone is 1. The summed E-state index contributed by atoms with van der Waals surface area (Å²) in [7, 11) is 1.32. The molecule has 0 aliphatic heterocycles. The van der Waals surface area contributed by atoms with Crippen LogP contribution < -0.4 is 15.5 Å². The monoisotopic (exact) mass is 579 g/mol. The summed E-state index contributed by atoms with van der Waals surface area (Å²) >= 11 is 5.36. The first-order valence-corrected chi connectivity index (χ1v) is 16.4. The van der Waals surface area contributed by atoms with E-state index < -0.39 is 20.0 Å². The Hall–Kier alpha value is -0.540. The number of hydrogen-bond donors (Lipinski definition) is 3. The predicted molar refractivity (Wildman–Crippen MR) is 161 cm³/mol. The third-order valence-electron chi connectivity index (χ3n) is 5.95. The fourth-order valence-electron chi connectivity index (χ4n) is 3.70. The molecule has 0 fully saturated rings. The number of phosphoric acid groups is 1. The number of unbranched alkanes of at least 4 members (excludes halogenated alkanes) is 11. The van der Waals surface area contributed by atoms with Crippen LogP contribution in [0, 0.1) is 0 Å². The number of phosphoric ester groups is 1. The van der Waals surface area contributed by atoms with E-state index in [9.17, 15) is 14.6 Å². The van der Waals surface area contributed by atoms with E-state index in [-0.39, 0.29) is 18.8 Å². The average molecular weight is 580 g/mol. The van der Waals surface area contributed by atoms with Crippen LogP contribution in [0.25, 0.3) is 0 Å². The highest BCUT2D eigenvalue weighted by molar-refractivity contribution is 7.80. The van der Waals surface area contributed by atoms with Crippen LogP contribution in [0.3, 0.4) is 0 Å². The number of aliphatic hydroxyl groups excluding tert-OH is 1. The first-order chi connectivity index (χ1) is 17.7. The molecule has 0 aliphatic rings. The van der Waals surface area contributed by atoms with Crippen LogP contribution >= 0.6 is 20.0 Å². The zero-order chi connectivity index (χ0) is 29.1. The molecule has 0 saturated heterocycles. The van der Waals surface area contributed by atoms with Crippen molar-refractivity contribution in [2.75, 3.05) is 40.9 Å². The molecule has 8 nitrogen and oxygen atoms in total. The van der Waals surface area contributed by atoms with Crippen LogP contribution in [0.4, 0.5) is 0 Å². The standard InChI is InChI=1S/C28H58N3O5PS/c1-8-9-10-11-12-13-14-15-16-17-18-19-20-21-26(32)25(29-27(38)30-28(2,3)4)24-36-37(33,34)35-23-22-31(5,6)7/h20-21,25-26,32H,8-19,22-24H2,1-7H3,(H2-,29,30,33,34,38)/b21-20+. The fraction of sp³-hybridized carbons (Fsp3) is 0.893. The molecule has 0 heterocycles. The van der Waals surface area contributed by atoms with E-state index in [1.165, 1.54) is 64.2 Å². The Morgan fingerprint density at radius 1 is 1.00 bits per heavy atom. The Morgan fingerprint density at radius 2 is 1.53 bits per heavy atom. The number of thiocarbonyl (C=S) groups is 1. The zero-order valence-electron chi connectivity index (χ0n) is 25.3. The van der Waals surface area contributed by atoms with Gasteiger partial charge in [0.2, 0.25) is 0 Å². The minimum atomic E-state index is -4.52. The Kier molecular flexibility index (Phi) is 20.1. The number of quaternary nitrogens is 1. The molecule has 0 aliphatic carbocycles. The molecule has 3 atom stereocenters. The Bertz CT molecular complexity index is 695. The van der Waals surface area contributed by atoms with Gasteiger partial charge in [0.05, 0.1) is 39.9 Å². The van der Waals surface area contributed by atoms with Gasteiger partial charge in [0.25, 0.3) is 7.82 Å². The van der Waals surface area contributed by atoms with E-state index in [2.05, 4.69) is 17.6 Å². The van der Waals surface area contributed by atoms with Gasteiger partial charge in [-0.05, 0) is 45.8 Å². The molecular formula is C28H58N3O5PS. The second-order valence-electron chi connectivity index (χ2n) is 12.3. The average Bonchev–Trinajstić information content (AvgIpc) is 2.77. The van der Waals surface area contributed by atoms with Gasteiger partial charge < -0.3 is 34.2 Å². The van der Waals surface area contributed by atoms with Crippen LogP contribution in [0.15, 0.2) is 12.2 Å². The van der Waals surface area contributed by atoms with Crippen molar-refractivity contribution in [3.8, 4) is 0 Å². The third-order valence-corrected chi connectivity index (χ3v) is 7.13. The highest BCUT2D eigenvalue weighted by Crippen LogP contribution is 2.38. The predicted octanol–water partition coefficient (Wildman–Crippen LogP) is 5.44. The molecule has 0 aromatic carbocycles. The Balaban J connectivity index is 4.56. The van der Waals surface area contributed by atoms with Crippen molar-refractivity contribution in [2.24, 2.45) is 0 Å². The first-order valence-electron chi connectivity index (χ1n) is 14.5. The maximum Gasteiger partial charge on any atom is 0.268 e. The van der Waals surface area contributed by atoms with Gasteiger partial charge >= 0.3 is 0 Å². The van der Waals surface area contributed by atoms with E-state index >= 15 is 0 Å². The molecule has 0 aromatic rings. The number of nitrogens with one attached hydrogen (secondary N) is 2. The van der Waals surface area contributed by atoms with Gasteiger partial charge in [0, 0.05) is 5.54 Å². The van der Waals surface area contributed by atoms with E-state index in [1.807, 2.05) is 48.0 Å². The summed E-state index contributed by atoms with van der Waals surface area (Å²) < 4.78 is 22.9. The molecule has 0 amide bonds. The Morgan fingerprint density at radius 3 is 2.03 bits per heavy atom. The van der Waals surface area contributed by atoms with Crippen molar-refractivity contribution in [2.45, 2.75) is 122 Å². The second kappa shape index (κ2) is 20.4. The molecule has 10 heteroatoms. The maximum absolute atomic E-state index is 12.2. The van der Waals surface area contributed by atoms with Crippen LogP contribution in [-0.4, -0.2) is 73.3 Å². The summed E-state index contributed by atoms with van der Waals surface area (Å²) in [6.45, 7) is 8.37. The van der Waals surface area contributed by atoms with Crippen molar-refractivity contribution in [1.82, 2.24) is 10.6 Å². The largest absolute Gasteiger partial charge is 0.756 e. The lowest BCUT2D eigenvalue weighted by Gasteiger charge is -2.31. The Labute approximate surface area is 239 Å². The molecule has 38 heavy (non-hydrogen) atoms. The maximum atomic E-state index is 12.2. The fourth-order valence-corrected chi connectivity index (χ4v) is 4.88. The third kappa shape index (κ3) is 24.5. The van der Waals surface area contributed by atoms with Crippen LogP contribution in [-0.2, 0) is 13.6 Å². The second-order valence-corrected chi connectivity index (χ2v) is 14.1. The molecule has 3 N–H and O–H groups in total. The van der Waals surface area contributed by atoms with Gasteiger partial charge in [-0.3, -0.25) is 4.57 Å². The number of hydrogen-bond acceptors (Lipinski definition) is 6. The van der Waals surface area contributed by atoms with Gasteiger partial charge in [-0.2, -0.15) is 0 Å². The molecule has 0 radical (unpaired) electrons. The molecular weight excluding hydrogens is 521 g/mol. The van der Waals surface area contributed by atoms with Gasteiger partial charge in [-0.15, -0.1) is 0 Å². The minimum Gasteiger partial charge on any atom is -0.756 e. The van der Waals surface area contributed by atoms with Crippen molar-refractivity contribution in [3.05, 3.63) is 12.2 Å². The van der Waals surface area contributed by atoms with E-state index in [0.717, 1.165) is 12.8 Å². The molecule has 226 valence electrons. The van der Waals surface area contributed by atoms with Gasteiger partial charge in [-0.25, -0.2) is 0 Å². The van der Waals surface area contributed by atoms with Crippen molar-refractivity contribution >= 4 is 25.2 Å². The molecule has 3 unspecified atom stereocenters. The first kappa shape index (κ1) is 37.5. The van der Waals surface area contributed by atoms with Crippen molar-refractivity contribution in [1.29, 1.82) is 0 Å². The minimum absolute atomic E-state index is 0.0216. The van der Waals surface area contributed by atoms with Gasteiger partial charge in [0.15, 0.2) is 5.11 Å². The molecule has 0 aromatic heterocycles. The lowest BCUT2D eigenvalue weighted by atomic mass is 10.0. The quantitative estimate of drug-likeness (QED) is 0.0512. The van der Waals surface area contributed by atoms with Crippen LogP contribution in [0.1, 0.15) is 105 Å². The summed E-state index contributed by atoms with van der Waals surface area (Å²) in [4.78, 5) is 12.2. The highest BCUT2D eigenvalue weighted by Gasteiger charge is 2.23. The number of nitrogens with zero attached hydrogens (tertiary/aromatic N) is 1. The van der Waals surface area contributed by atoms with Gasteiger partial charge in [-0.1, -0.05) is 83.3 Å². The number of aliphatic hydroxyl groups is 1. The van der Waals surface area contributed by atoms with Gasteiger partial charge in [0.1, 0.15) is 13.2 Å². The number of rotatable bonds is 22. The summed E-state index contributed by atoms with van der Waals surface area (Å²) in [6.07, 6.45) is 17.7. The van der Waals surface area contributed by atoms with Crippen LogP contribution in [0.5, 0.6) is 0 Å². The van der Waals surface area contributed by atoms with E-state index in [4.69, 9.17) is 21.3 Å². The number of likely N-dealkylation sites (N-methyl/N-ethyl adjacent to an activating group) is 1. The topological polar surface area (TPSA) is 103 Å². The molecule has 0 rings (SSSR count). The van der Waals surface area contributed by atoms with Crippen LogP contribution in [0.2, 0.25) is 0 Å². The lowest BCUT2D eigenvalue weighted by molar-refractivity contribution is -0.870. The van der Waals surface area contributed by atoms with Crippen molar-refractivity contribution in [3.63, 3.8) is 0 Å². The summed E-state index contributed by atoms with van der Waals surface area (Å²) in [5.74, 6) is 0. The lowest BCUT2D eigenvalue weighted by Crippen LogP contribution is -2.53.